The van der Waals surface area contributed by atoms with Gasteiger partial charge in [-0.1, -0.05) is 43.5 Å². The minimum atomic E-state index is -1.35. The number of unbranched alkanes of at least 4 members (excludes halogenated alkanes) is 1. The first kappa shape index (κ1) is 21.9. The molecule has 30 heavy (non-hydrogen) atoms. The lowest BCUT2D eigenvalue weighted by Crippen LogP contribution is -2.23. The average molecular weight is 433 g/mol. The normalized spacial score (nSPS) is 12.3. The Balaban J connectivity index is 2.15. The lowest BCUT2D eigenvalue weighted by Gasteiger charge is -2.21. The van der Waals surface area contributed by atoms with Crippen LogP contribution in [-0.4, -0.2) is 32.3 Å². The lowest BCUT2D eigenvalue weighted by atomic mass is 10.0. The van der Waals surface area contributed by atoms with Crippen LogP contribution in [0.4, 0.5) is 4.39 Å². The van der Waals surface area contributed by atoms with Gasteiger partial charge in [0.05, 0.1) is 29.4 Å². The van der Waals surface area contributed by atoms with Gasteiger partial charge in [-0.2, -0.15) is 0 Å². The van der Waals surface area contributed by atoms with Gasteiger partial charge in [0.25, 0.3) is 0 Å². The Morgan fingerprint density at radius 1 is 1.37 bits per heavy atom. The molecule has 2 aromatic heterocycles. The van der Waals surface area contributed by atoms with Crippen molar-refractivity contribution in [3.05, 3.63) is 74.5 Å². The summed E-state index contributed by atoms with van der Waals surface area (Å²) in [5.74, 6) is -1.90. The number of aliphatic hydroxyl groups is 1. The molecule has 0 fully saturated rings. The van der Waals surface area contributed by atoms with Gasteiger partial charge in [0.1, 0.15) is 11.4 Å². The Morgan fingerprint density at radius 2 is 2.13 bits per heavy atom. The van der Waals surface area contributed by atoms with Gasteiger partial charge in [-0.3, -0.25) is 9.78 Å². The largest absolute Gasteiger partial charge is 0.477 e. The number of pyridine rings is 2. The maximum atomic E-state index is 14.3. The van der Waals surface area contributed by atoms with Gasteiger partial charge >= 0.3 is 5.97 Å². The number of carboxylic acids is 1. The van der Waals surface area contributed by atoms with Crippen molar-refractivity contribution in [3.63, 3.8) is 0 Å². The summed E-state index contributed by atoms with van der Waals surface area (Å²) >= 11 is 5.83. The van der Waals surface area contributed by atoms with Crippen molar-refractivity contribution in [1.82, 2.24) is 9.55 Å². The Hall–Kier alpha value is -2.77. The Bertz CT molecular complexity index is 1150. The van der Waals surface area contributed by atoms with Crippen molar-refractivity contribution in [1.29, 1.82) is 0 Å². The monoisotopic (exact) mass is 432 g/mol. The van der Waals surface area contributed by atoms with Gasteiger partial charge in [-0.25, -0.2) is 9.18 Å². The van der Waals surface area contributed by atoms with E-state index in [0.29, 0.717) is 23.2 Å². The summed E-state index contributed by atoms with van der Waals surface area (Å²) in [5.41, 5.74) is 0.124. The van der Waals surface area contributed by atoms with Crippen LogP contribution in [0.5, 0.6) is 0 Å². The highest BCUT2D eigenvalue weighted by Gasteiger charge is 2.20. The number of rotatable bonds is 8. The van der Waals surface area contributed by atoms with Crippen LogP contribution < -0.4 is 5.43 Å². The number of fused-ring (bicyclic) bond motifs is 1. The van der Waals surface area contributed by atoms with E-state index in [1.807, 2.05) is 6.92 Å². The molecular weight excluding hydrogens is 411 g/mol. The molecule has 0 spiro atoms. The molecule has 1 aromatic carbocycles. The third-order valence-corrected chi connectivity index (χ3v) is 5.40. The minimum absolute atomic E-state index is 0.00878. The lowest BCUT2D eigenvalue weighted by molar-refractivity contribution is 0.0694. The molecule has 8 heteroatoms. The van der Waals surface area contributed by atoms with Crippen LogP contribution in [0.15, 0.2) is 41.5 Å². The summed E-state index contributed by atoms with van der Waals surface area (Å²) < 4.78 is 15.9. The Labute approximate surface area is 177 Å². The topological polar surface area (TPSA) is 92.4 Å². The molecule has 0 amide bonds. The van der Waals surface area contributed by atoms with E-state index >= 15 is 0 Å². The highest BCUT2D eigenvalue weighted by Crippen LogP contribution is 2.24. The predicted octanol–water partition coefficient (Wildman–Crippen LogP) is 4.20. The van der Waals surface area contributed by atoms with E-state index in [-0.39, 0.29) is 35.0 Å². The highest BCUT2D eigenvalue weighted by molar-refractivity contribution is 6.30. The second-order valence-electron chi connectivity index (χ2n) is 7.15. The molecular formula is C22H22ClFN2O4. The predicted molar refractivity (Wildman–Crippen MR) is 113 cm³/mol. The third-order valence-electron chi connectivity index (χ3n) is 5.10. The summed E-state index contributed by atoms with van der Waals surface area (Å²) in [6.07, 6.45) is 5.20. The first-order valence-corrected chi connectivity index (χ1v) is 10.1. The zero-order chi connectivity index (χ0) is 21.8. The SMILES string of the molecule is CCCC[C@@H](CO)n1cc(C(=O)O)c(=O)c2cc(Cc3cccc(Cl)c3F)ncc21. The smallest absolute Gasteiger partial charge is 0.341 e. The fourth-order valence-corrected chi connectivity index (χ4v) is 3.67. The third kappa shape index (κ3) is 4.37. The molecule has 158 valence electrons. The second kappa shape index (κ2) is 9.36. The van der Waals surface area contributed by atoms with Crippen LogP contribution in [0, 0.1) is 5.82 Å². The molecule has 3 rings (SSSR count). The summed E-state index contributed by atoms with van der Waals surface area (Å²) in [6.45, 7) is 1.82. The first-order chi connectivity index (χ1) is 14.4. The van der Waals surface area contributed by atoms with Gasteiger partial charge in [-0.15, -0.1) is 0 Å². The van der Waals surface area contributed by atoms with E-state index in [1.54, 1.807) is 16.7 Å². The molecule has 0 aliphatic heterocycles. The van der Waals surface area contributed by atoms with E-state index in [4.69, 9.17) is 11.6 Å². The van der Waals surface area contributed by atoms with Gasteiger partial charge in [0, 0.05) is 23.7 Å². The number of benzene rings is 1. The maximum Gasteiger partial charge on any atom is 0.341 e. The molecule has 0 bridgehead atoms. The Kier molecular flexibility index (Phi) is 6.84. The van der Waals surface area contributed by atoms with Crippen molar-refractivity contribution in [2.24, 2.45) is 0 Å². The maximum absolute atomic E-state index is 14.3. The van der Waals surface area contributed by atoms with Crippen LogP contribution in [0.25, 0.3) is 10.9 Å². The molecule has 0 aliphatic carbocycles. The van der Waals surface area contributed by atoms with Crippen LogP contribution >= 0.6 is 11.6 Å². The van der Waals surface area contributed by atoms with Crippen LogP contribution in [0.3, 0.4) is 0 Å². The number of aromatic carboxylic acids is 1. The summed E-state index contributed by atoms with van der Waals surface area (Å²) in [4.78, 5) is 28.8. The number of halogens is 2. The molecule has 1 atom stereocenters. The Morgan fingerprint density at radius 3 is 2.80 bits per heavy atom. The van der Waals surface area contributed by atoms with E-state index < -0.39 is 17.2 Å². The molecule has 6 nitrogen and oxygen atoms in total. The first-order valence-electron chi connectivity index (χ1n) is 9.68. The van der Waals surface area contributed by atoms with E-state index in [1.165, 1.54) is 24.5 Å². The molecule has 0 saturated carbocycles. The fourth-order valence-electron chi connectivity index (χ4n) is 3.48. The zero-order valence-corrected chi connectivity index (χ0v) is 17.2. The zero-order valence-electron chi connectivity index (χ0n) is 16.4. The van der Waals surface area contributed by atoms with Gasteiger partial charge in [-0.05, 0) is 24.1 Å². The van der Waals surface area contributed by atoms with Crippen LogP contribution in [0.1, 0.15) is 53.8 Å². The molecule has 0 aliphatic rings. The number of aliphatic hydroxyl groups excluding tert-OH is 1. The number of carbonyl (C=O) groups is 1. The number of nitrogens with zero attached hydrogens (tertiary/aromatic N) is 2. The second-order valence-corrected chi connectivity index (χ2v) is 7.55. The molecule has 2 heterocycles. The van der Waals surface area contributed by atoms with Crippen molar-refractivity contribution in [2.75, 3.05) is 6.61 Å². The van der Waals surface area contributed by atoms with E-state index in [9.17, 15) is 24.2 Å². The number of aromatic nitrogens is 2. The van der Waals surface area contributed by atoms with Crippen molar-refractivity contribution < 1.29 is 19.4 Å². The fraction of sp³-hybridized carbons (Fsp3) is 0.318. The molecule has 2 N–H and O–H groups in total. The summed E-state index contributed by atoms with van der Waals surface area (Å²) in [5, 5.41) is 19.5. The molecule has 0 radical (unpaired) electrons. The average Bonchev–Trinajstić information content (AvgIpc) is 2.73. The highest BCUT2D eigenvalue weighted by atomic mass is 35.5. The van der Waals surface area contributed by atoms with Crippen LogP contribution in [-0.2, 0) is 6.42 Å². The van der Waals surface area contributed by atoms with Crippen LogP contribution in [0.2, 0.25) is 5.02 Å². The standard InChI is InChI=1S/C22H22ClFN2O4/c1-2-3-6-15(12-27)26-11-17(22(29)30)21(28)16-9-14(25-10-19(16)26)8-13-5-4-7-18(23)20(13)24/h4-5,7,9-11,15,27H,2-3,6,8,12H2,1H3,(H,29,30)/t15-/m0/s1. The van der Waals surface area contributed by atoms with Crippen molar-refractivity contribution in [2.45, 2.75) is 38.6 Å². The van der Waals surface area contributed by atoms with Gasteiger partial charge in [0.2, 0.25) is 5.43 Å². The van der Waals surface area contributed by atoms with Gasteiger partial charge < -0.3 is 14.8 Å². The summed E-state index contributed by atoms with van der Waals surface area (Å²) in [7, 11) is 0. The van der Waals surface area contributed by atoms with E-state index in [2.05, 4.69) is 4.98 Å². The molecule has 3 aromatic rings. The van der Waals surface area contributed by atoms with Crippen molar-refractivity contribution >= 4 is 28.5 Å². The minimum Gasteiger partial charge on any atom is -0.477 e. The van der Waals surface area contributed by atoms with Crippen molar-refractivity contribution in [3.8, 4) is 0 Å². The van der Waals surface area contributed by atoms with E-state index in [0.717, 1.165) is 12.8 Å². The van der Waals surface area contributed by atoms with Gasteiger partial charge in [0.15, 0.2) is 0 Å². The number of carboxylic acid groups (broad SMARTS) is 1. The quantitative estimate of drug-likeness (QED) is 0.556. The molecule has 0 saturated heterocycles. The summed E-state index contributed by atoms with van der Waals surface area (Å²) in [6, 6.07) is 5.74. The number of hydrogen-bond donors (Lipinski definition) is 2. The number of hydrogen-bond acceptors (Lipinski definition) is 4. The molecule has 0 unspecified atom stereocenters.